The van der Waals surface area contributed by atoms with Crippen molar-refractivity contribution in [1.82, 2.24) is 4.98 Å². The van der Waals surface area contributed by atoms with E-state index in [0.717, 1.165) is 5.56 Å². The normalized spacial score (nSPS) is 9.20. The smallest absolute Gasteiger partial charge is 0.213 e. The Morgan fingerprint density at radius 3 is 2.87 bits per heavy atom. The maximum absolute atomic E-state index is 8.16. The number of aromatic nitrogens is 1. The van der Waals surface area contributed by atoms with Crippen LogP contribution in [0, 0.1) is 0 Å². The minimum Gasteiger partial charge on any atom is -0.495 e. The van der Waals surface area contributed by atoms with Crippen molar-refractivity contribution in [3.8, 4) is 11.6 Å². The molecule has 0 aromatic carbocycles. The molecule has 1 rings (SSSR count). The maximum atomic E-state index is 8.16. The van der Waals surface area contributed by atoms with Crippen LogP contribution in [0.2, 0.25) is 0 Å². The molecule has 1 aromatic heterocycles. The number of hydrogen-bond acceptors (Lipinski definition) is 4. The lowest BCUT2D eigenvalue weighted by molar-refractivity contribution is 0.384. The van der Waals surface area contributed by atoms with Gasteiger partial charge in [-0.05, 0) is 12.0 Å². The van der Waals surface area contributed by atoms with E-state index in [9.17, 15) is 0 Å². The number of methoxy groups -OCH3 is 2. The third-order valence-corrected chi connectivity index (χ3v) is 1.90. The molecule has 0 fully saturated rings. The zero-order chi connectivity index (χ0) is 11.1. The molecule has 0 saturated carbocycles. The molecule has 0 aliphatic carbocycles. The van der Waals surface area contributed by atoms with Crippen LogP contribution >= 0.6 is 0 Å². The van der Waals surface area contributed by atoms with Crippen LogP contribution in [-0.2, 0) is 6.42 Å². The van der Waals surface area contributed by atoms with Crippen molar-refractivity contribution in [3.63, 3.8) is 0 Å². The van der Waals surface area contributed by atoms with E-state index in [1.165, 1.54) is 0 Å². The Kier molecular flexibility index (Phi) is 4.25. The van der Waals surface area contributed by atoms with Crippen LogP contribution in [0.5, 0.6) is 11.6 Å². The summed E-state index contributed by atoms with van der Waals surface area (Å²) >= 11 is 0. The first kappa shape index (κ1) is 11.1. The Morgan fingerprint density at radius 2 is 2.27 bits per heavy atom. The summed E-state index contributed by atoms with van der Waals surface area (Å²) in [6, 6.07) is 1.77. The van der Waals surface area contributed by atoms with E-state index >= 15 is 0 Å². The Morgan fingerprint density at radius 1 is 1.47 bits per heavy atom. The van der Waals surface area contributed by atoms with Gasteiger partial charge in [0.1, 0.15) is 5.75 Å². The Hall–Kier alpha value is -1.94. The van der Waals surface area contributed by atoms with Crippen LogP contribution in [0.3, 0.4) is 0 Å². The maximum Gasteiger partial charge on any atom is 0.213 e. The van der Waals surface area contributed by atoms with Gasteiger partial charge in [-0.1, -0.05) is 5.11 Å². The number of azide groups is 1. The van der Waals surface area contributed by atoms with E-state index in [0.29, 0.717) is 24.6 Å². The fraction of sp³-hybridized carbons (Fsp3) is 0.444. The molecule has 80 valence electrons. The molecule has 0 N–H and O–H groups in total. The first-order valence-electron chi connectivity index (χ1n) is 4.39. The van der Waals surface area contributed by atoms with Crippen LogP contribution in [-0.4, -0.2) is 25.7 Å². The van der Waals surface area contributed by atoms with Crippen molar-refractivity contribution >= 4 is 0 Å². The minimum atomic E-state index is 0.389. The molecular formula is C9H12N4O2. The highest BCUT2D eigenvalue weighted by Crippen LogP contribution is 2.21. The lowest BCUT2D eigenvalue weighted by atomic mass is 10.2. The molecule has 0 bridgehead atoms. The average molecular weight is 208 g/mol. The van der Waals surface area contributed by atoms with Crippen LogP contribution in [0.15, 0.2) is 17.4 Å². The largest absolute Gasteiger partial charge is 0.495 e. The SMILES string of the molecule is COc1cc(CCN=[N+]=[N-])c(OC)cn1. The molecule has 1 heterocycles. The van der Waals surface area contributed by atoms with E-state index in [1.54, 1.807) is 26.5 Å². The van der Waals surface area contributed by atoms with Crippen molar-refractivity contribution in [1.29, 1.82) is 0 Å². The molecule has 6 nitrogen and oxygen atoms in total. The molecule has 0 aliphatic rings. The first-order chi connectivity index (χ1) is 7.31. The van der Waals surface area contributed by atoms with Crippen LogP contribution < -0.4 is 9.47 Å². The van der Waals surface area contributed by atoms with E-state index in [-0.39, 0.29) is 0 Å². The highest BCUT2D eigenvalue weighted by molar-refractivity contribution is 5.34. The first-order valence-corrected chi connectivity index (χ1v) is 4.39. The predicted octanol–water partition coefficient (Wildman–Crippen LogP) is 1.95. The molecular weight excluding hydrogens is 196 g/mol. The van der Waals surface area contributed by atoms with Crippen LogP contribution in [0.1, 0.15) is 5.56 Å². The summed E-state index contributed by atoms with van der Waals surface area (Å²) in [6.45, 7) is 0.389. The van der Waals surface area contributed by atoms with Crippen LogP contribution in [0.25, 0.3) is 10.4 Å². The number of pyridine rings is 1. The van der Waals surface area contributed by atoms with Gasteiger partial charge in [-0.25, -0.2) is 4.98 Å². The van der Waals surface area contributed by atoms with E-state index < -0.39 is 0 Å². The van der Waals surface area contributed by atoms with Gasteiger partial charge in [0.05, 0.1) is 20.4 Å². The second-order valence-electron chi connectivity index (χ2n) is 2.74. The van der Waals surface area contributed by atoms with Gasteiger partial charge in [0.15, 0.2) is 0 Å². The summed E-state index contributed by atoms with van der Waals surface area (Å²) in [4.78, 5) is 6.69. The topological polar surface area (TPSA) is 80.1 Å². The highest BCUT2D eigenvalue weighted by atomic mass is 16.5. The van der Waals surface area contributed by atoms with Gasteiger partial charge >= 0.3 is 0 Å². The lowest BCUT2D eigenvalue weighted by Crippen LogP contribution is -1.97. The van der Waals surface area contributed by atoms with Crippen molar-refractivity contribution < 1.29 is 9.47 Å². The van der Waals surface area contributed by atoms with Crippen molar-refractivity contribution in [2.45, 2.75) is 6.42 Å². The van der Waals surface area contributed by atoms with Crippen LogP contribution in [0.4, 0.5) is 0 Å². The molecule has 0 atom stereocenters. The molecule has 6 heteroatoms. The summed E-state index contributed by atoms with van der Waals surface area (Å²) in [5.74, 6) is 1.19. The zero-order valence-electron chi connectivity index (χ0n) is 8.67. The monoisotopic (exact) mass is 208 g/mol. The van der Waals surface area contributed by atoms with Gasteiger partial charge in [-0.2, -0.15) is 0 Å². The molecule has 0 amide bonds. The quantitative estimate of drug-likeness (QED) is 0.421. The zero-order valence-corrected chi connectivity index (χ0v) is 8.67. The Balaban J connectivity index is 2.85. The summed E-state index contributed by atoms with van der Waals surface area (Å²) < 4.78 is 10.1. The summed E-state index contributed by atoms with van der Waals surface area (Å²) in [7, 11) is 3.12. The van der Waals surface area contributed by atoms with Gasteiger partial charge in [0, 0.05) is 23.1 Å². The van der Waals surface area contributed by atoms with Gasteiger partial charge in [0.2, 0.25) is 5.88 Å². The molecule has 0 spiro atoms. The summed E-state index contributed by atoms with van der Waals surface area (Å²) in [6.07, 6.45) is 2.19. The number of hydrogen-bond donors (Lipinski definition) is 0. The Bertz CT molecular complexity index is 374. The van der Waals surface area contributed by atoms with E-state index in [1.807, 2.05) is 0 Å². The molecule has 0 saturated heterocycles. The molecule has 0 unspecified atom stereocenters. The summed E-state index contributed by atoms with van der Waals surface area (Å²) in [5, 5.41) is 3.46. The van der Waals surface area contributed by atoms with Crippen molar-refractivity contribution in [2.75, 3.05) is 20.8 Å². The predicted molar refractivity (Wildman–Crippen MR) is 55.1 cm³/mol. The van der Waals surface area contributed by atoms with Crippen molar-refractivity contribution in [2.24, 2.45) is 5.11 Å². The molecule has 15 heavy (non-hydrogen) atoms. The van der Waals surface area contributed by atoms with Gasteiger partial charge < -0.3 is 9.47 Å². The lowest BCUT2D eigenvalue weighted by Gasteiger charge is -2.07. The third-order valence-electron chi connectivity index (χ3n) is 1.90. The minimum absolute atomic E-state index is 0.389. The van der Waals surface area contributed by atoms with Gasteiger partial charge in [-0.15, -0.1) is 0 Å². The second-order valence-corrected chi connectivity index (χ2v) is 2.74. The molecule has 1 aromatic rings. The number of nitrogens with zero attached hydrogens (tertiary/aromatic N) is 4. The highest BCUT2D eigenvalue weighted by Gasteiger charge is 2.05. The molecule has 0 radical (unpaired) electrons. The fourth-order valence-corrected chi connectivity index (χ4v) is 1.17. The summed E-state index contributed by atoms with van der Waals surface area (Å²) in [5.41, 5.74) is 9.08. The average Bonchev–Trinajstić information content (AvgIpc) is 2.29. The fourth-order valence-electron chi connectivity index (χ4n) is 1.17. The van der Waals surface area contributed by atoms with Gasteiger partial charge in [-0.3, -0.25) is 0 Å². The standard InChI is InChI=1S/C9H12N4O2/c1-14-8-6-11-9(15-2)5-7(8)3-4-12-13-10/h5-6H,3-4H2,1-2H3. The van der Waals surface area contributed by atoms with Crippen molar-refractivity contribution in [3.05, 3.63) is 28.3 Å². The van der Waals surface area contributed by atoms with E-state index in [4.69, 9.17) is 15.0 Å². The molecule has 0 aliphatic heterocycles. The third kappa shape index (κ3) is 3.03. The number of rotatable bonds is 5. The van der Waals surface area contributed by atoms with E-state index in [2.05, 4.69) is 15.0 Å². The Labute approximate surface area is 87.5 Å². The van der Waals surface area contributed by atoms with Gasteiger partial charge in [0.25, 0.3) is 0 Å². The second kappa shape index (κ2) is 5.72. The number of ether oxygens (including phenoxy) is 2.